The van der Waals surface area contributed by atoms with Gasteiger partial charge in [0.2, 0.25) is 0 Å². The highest BCUT2D eigenvalue weighted by Crippen LogP contribution is 2.27. The van der Waals surface area contributed by atoms with Crippen LogP contribution in [0.5, 0.6) is 0 Å². The van der Waals surface area contributed by atoms with Gasteiger partial charge in [-0.3, -0.25) is 4.84 Å². The first-order valence-corrected chi connectivity index (χ1v) is 7.59. The molecule has 0 radical (unpaired) electrons. The summed E-state index contributed by atoms with van der Waals surface area (Å²) in [6, 6.07) is 8.63. The lowest BCUT2D eigenvalue weighted by Gasteiger charge is -2.33. The van der Waals surface area contributed by atoms with Crippen LogP contribution in [-0.4, -0.2) is 29.2 Å². The van der Waals surface area contributed by atoms with Gasteiger partial charge in [-0.2, -0.15) is 13.2 Å². The fraction of sp³-hybridized carbons (Fsp3) is 0.500. The van der Waals surface area contributed by atoms with Gasteiger partial charge in [-0.15, -0.1) is 0 Å². The number of hydrogen-bond acceptors (Lipinski definition) is 3. The van der Waals surface area contributed by atoms with Gasteiger partial charge in [-0.25, -0.2) is 9.59 Å². The van der Waals surface area contributed by atoms with Crippen LogP contribution in [0.3, 0.4) is 0 Å². The first kappa shape index (κ1) is 17.5. The van der Waals surface area contributed by atoms with Crippen molar-refractivity contribution in [3.05, 3.63) is 35.9 Å². The fourth-order valence-electron chi connectivity index (χ4n) is 2.71. The van der Waals surface area contributed by atoms with E-state index in [0.29, 0.717) is 18.4 Å². The normalized spacial score (nSPS) is 23.0. The molecule has 126 valence electrons. The molecule has 23 heavy (non-hydrogen) atoms. The minimum atomic E-state index is -5.12. The van der Waals surface area contributed by atoms with Crippen LogP contribution in [-0.2, 0) is 21.0 Å². The lowest BCUT2D eigenvalue weighted by Crippen LogP contribution is -2.55. The lowest BCUT2D eigenvalue weighted by atomic mass is 10.1. The van der Waals surface area contributed by atoms with Crippen molar-refractivity contribution in [2.75, 3.05) is 6.54 Å². The molecule has 0 spiro atoms. The summed E-state index contributed by atoms with van der Waals surface area (Å²) in [4.78, 5) is 28.6. The Balaban J connectivity index is 2.31. The number of hydroxylamine groups is 3. The molecule has 1 aromatic carbocycles. The van der Waals surface area contributed by atoms with Crippen LogP contribution >= 0.6 is 0 Å². The number of amides is 1. The van der Waals surface area contributed by atoms with E-state index in [1.165, 1.54) is 0 Å². The number of nitrogens with zero attached hydrogens (tertiary/aromatic N) is 1. The molecule has 1 heterocycles. The molecule has 1 aliphatic rings. The van der Waals surface area contributed by atoms with Crippen molar-refractivity contribution in [1.82, 2.24) is 0 Å². The van der Waals surface area contributed by atoms with Crippen LogP contribution < -0.4 is 0 Å². The SMILES string of the molecule is O=C(O[N+]1(Cc2ccccc2)CCCCCCC1=O)C(F)(F)F. The Morgan fingerprint density at radius 2 is 1.74 bits per heavy atom. The molecule has 1 aromatic rings. The molecule has 1 aliphatic heterocycles. The molecule has 0 aliphatic carbocycles. The van der Waals surface area contributed by atoms with E-state index < -0.39 is 22.7 Å². The van der Waals surface area contributed by atoms with Crippen molar-refractivity contribution in [3.8, 4) is 0 Å². The maximum Gasteiger partial charge on any atom is 0.497 e. The molecule has 0 saturated carbocycles. The van der Waals surface area contributed by atoms with Crippen molar-refractivity contribution < 1.29 is 32.2 Å². The van der Waals surface area contributed by atoms with Gasteiger partial charge >= 0.3 is 18.1 Å². The number of likely N-dealkylation sites (tertiary alicyclic amines) is 1. The fourth-order valence-corrected chi connectivity index (χ4v) is 2.71. The minimum absolute atomic E-state index is 0.0650. The topological polar surface area (TPSA) is 43.4 Å². The number of carbonyl (C=O) groups is 2. The highest BCUT2D eigenvalue weighted by atomic mass is 19.4. The van der Waals surface area contributed by atoms with Gasteiger partial charge < -0.3 is 0 Å². The Kier molecular flexibility index (Phi) is 5.41. The largest absolute Gasteiger partial charge is 0.497 e. The third-order valence-electron chi connectivity index (χ3n) is 3.88. The van der Waals surface area contributed by atoms with E-state index in [9.17, 15) is 22.8 Å². The molecule has 1 saturated heterocycles. The van der Waals surface area contributed by atoms with Crippen molar-refractivity contribution in [1.29, 1.82) is 0 Å². The quantitative estimate of drug-likeness (QED) is 0.797. The Morgan fingerprint density at radius 1 is 1.09 bits per heavy atom. The van der Waals surface area contributed by atoms with E-state index in [0.717, 1.165) is 12.8 Å². The van der Waals surface area contributed by atoms with Gasteiger partial charge in [0.15, 0.2) is 6.54 Å². The number of rotatable bonds is 3. The van der Waals surface area contributed by atoms with Gasteiger partial charge in [0.05, 0.1) is 6.42 Å². The predicted molar refractivity (Wildman–Crippen MR) is 75.5 cm³/mol. The standard InChI is InChI=1S/C16H19F3NO3/c17-16(18,19)15(22)23-20(12-13-8-4-3-5-9-13)11-7-2-1-6-10-14(20)21/h3-5,8-9H,1-2,6-7,10-12H2/q+1. The van der Waals surface area contributed by atoms with Crippen molar-refractivity contribution in [3.63, 3.8) is 0 Å². The number of benzene rings is 1. The van der Waals surface area contributed by atoms with E-state index in [1.807, 2.05) is 0 Å². The zero-order valence-electron chi connectivity index (χ0n) is 12.6. The van der Waals surface area contributed by atoms with Crippen molar-refractivity contribution in [2.45, 2.75) is 44.8 Å². The van der Waals surface area contributed by atoms with E-state index in [-0.39, 0.29) is 19.5 Å². The Hall–Kier alpha value is -1.89. The van der Waals surface area contributed by atoms with Crippen LogP contribution in [0.15, 0.2) is 30.3 Å². The maximum absolute atomic E-state index is 12.6. The molecular formula is C16H19F3NO3+. The summed E-state index contributed by atoms with van der Waals surface area (Å²) in [7, 11) is 0. The van der Waals surface area contributed by atoms with E-state index >= 15 is 0 Å². The maximum atomic E-state index is 12.6. The van der Waals surface area contributed by atoms with Gasteiger partial charge in [-0.05, 0) is 12.8 Å². The molecule has 1 fully saturated rings. The van der Waals surface area contributed by atoms with Gasteiger partial charge in [0.1, 0.15) is 6.54 Å². The summed E-state index contributed by atoms with van der Waals surface area (Å²) >= 11 is 0. The second-order valence-corrected chi connectivity index (χ2v) is 5.69. The molecule has 0 aromatic heterocycles. The molecule has 0 N–H and O–H groups in total. The highest BCUT2D eigenvalue weighted by molar-refractivity contribution is 5.76. The van der Waals surface area contributed by atoms with Crippen molar-refractivity contribution >= 4 is 11.9 Å². The van der Waals surface area contributed by atoms with E-state index in [1.54, 1.807) is 30.3 Å². The van der Waals surface area contributed by atoms with Crippen LogP contribution in [0.2, 0.25) is 0 Å². The Morgan fingerprint density at radius 3 is 2.39 bits per heavy atom. The summed E-state index contributed by atoms with van der Waals surface area (Å²) in [5.41, 5.74) is 0.649. The number of alkyl halides is 3. The van der Waals surface area contributed by atoms with Gasteiger partial charge in [0, 0.05) is 12.0 Å². The van der Waals surface area contributed by atoms with E-state index in [2.05, 4.69) is 0 Å². The number of halogens is 3. The molecule has 2 rings (SSSR count). The summed E-state index contributed by atoms with van der Waals surface area (Å²) in [5.74, 6) is -2.80. The van der Waals surface area contributed by atoms with Crippen LogP contribution in [0, 0.1) is 0 Å². The van der Waals surface area contributed by atoms with Gasteiger partial charge in [0.25, 0.3) is 0 Å². The third kappa shape index (κ3) is 4.54. The van der Waals surface area contributed by atoms with Gasteiger partial charge in [-0.1, -0.05) is 41.4 Å². The molecule has 0 bridgehead atoms. The number of carbonyl (C=O) groups excluding carboxylic acids is 2. The summed E-state index contributed by atoms with van der Waals surface area (Å²) < 4.78 is 37.0. The number of hydrogen-bond donors (Lipinski definition) is 0. The zero-order valence-corrected chi connectivity index (χ0v) is 12.6. The van der Waals surface area contributed by atoms with Crippen LogP contribution in [0.25, 0.3) is 0 Å². The average molecular weight is 330 g/mol. The number of quaternary nitrogens is 1. The second kappa shape index (κ2) is 7.12. The minimum Gasteiger partial charge on any atom is -0.258 e. The molecule has 7 heteroatoms. The zero-order chi connectivity index (χ0) is 16.9. The summed E-state index contributed by atoms with van der Waals surface area (Å²) in [6.07, 6.45) is -2.24. The monoisotopic (exact) mass is 330 g/mol. The molecule has 1 amide bonds. The van der Waals surface area contributed by atoms with Crippen LogP contribution in [0.1, 0.15) is 37.7 Å². The first-order chi connectivity index (χ1) is 10.8. The van der Waals surface area contributed by atoms with Crippen LogP contribution in [0.4, 0.5) is 13.2 Å². The lowest BCUT2D eigenvalue weighted by molar-refractivity contribution is -1.04. The first-order valence-electron chi connectivity index (χ1n) is 7.59. The molecule has 1 atom stereocenters. The Labute approximate surface area is 132 Å². The molecule has 4 nitrogen and oxygen atoms in total. The second-order valence-electron chi connectivity index (χ2n) is 5.69. The highest BCUT2D eigenvalue weighted by Gasteiger charge is 2.51. The third-order valence-corrected chi connectivity index (χ3v) is 3.88. The molecular weight excluding hydrogens is 311 g/mol. The predicted octanol–water partition coefficient (Wildman–Crippen LogP) is 3.51. The van der Waals surface area contributed by atoms with Crippen molar-refractivity contribution in [2.24, 2.45) is 0 Å². The molecule has 1 unspecified atom stereocenters. The summed E-state index contributed by atoms with van der Waals surface area (Å²) in [6.45, 7) is -0.0168. The van der Waals surface area contributed by atoms with E-state index in [4.69, 9.17) is 4.84 Å². The average Bonchev–Trinajstić information content (AvgIpc) is 2.48. The smallest absolute Gasteiger partial charge is 0.258 e. The Bertz CT molecular complexity index is 559. The summed E-state index contributed by atoms with van der Waals surface area (Å²) in [5, 5.41) is 0.